The minimum Gasteiger partial charge on any atom is -0.368 e. The molecule has 0 aromatic heterocycles. The van der Waals surface area contributed by atoms with Gasteiger partial charge < -0.3 is 10.2 Å². The molecule has 0 saturated carbocycles. The summed E-state index contributed by atoms with van der Waals surface area (Å²) in [4.78, 5) is 2.37. The maximum Gasteiger partial charge on any atom is 0.0877 e. The standard InChI is InChI=1S/C30H33ClN4/c1-25(2)35(30-16-10-5-11-17-30)34(29-14-8-4-9-15-29)23-22-33(28-12-6-3-7-13-28)24-32-27-20-18-26(31)19-21-27/h3-21,25,32H,22-24H2,1-2H3. The lowest BCUT2D eigenvalue weighted by molar-refractivity contribution is 0.625. The van der Waals surface area contributed by atoms with E-state index in [0.717, 1.165) is 23.8 Å². The van der Waals surface area contributed by atoms with E-state index >= 15 is 0 Å². The third-order valence-electron chi connectivity index (χ3n) is 5.85. The van der Waals surface area contributed by atoms with E-state index in [2.05, 4.69) is 125 Å². The quantitative estimate of drug-likeness (QED) is 0.175. The molecule has 0 atom stereocenters. The minimum absolute atomic E-state index is 0.287. The van der Waals surface area contributed by atoms with Gasteiger partial charge in [0.25, 0.3) is 0 Å². The van der Waals surface area contributed by atoms with E-state index in [1.54, 1.807) is 0 Å². The molecule has 5 heteroatoms. The average Bonchev–Trinajstić information content (AvgIpc) is 2.90. The van der Waals surface area contributed by atoms with Gasteiger partial charge in [-0.05, 0) is 74.5 Å². The maximum atomic E-state index is 6.07. The second-order valence-electron chi connectivity index (χ2n) is 8.67. The number of nitrogens with zero attached hydrogens (tertiary/aromatic N) is 3. The van der Waals surface area contributed by atoms with Crippen LogP contribution in [0.5, 0.6) is 0 Å². The molecule has 0 saturated heterocycles. The largest absolute Gasteiger partial charge is 0.368 e. The Bertz CT molecular complexity index is 1140. The molecule has 0 fully saturated rings. The summed E-state index contributed by atoms with van der Waals surface area (Å²) in [7, 11) is 0. The normalized spacial score (nSPS) is 10.7. The second kappa shape index (κ2) is 12.2. The number of hydrogen-bond donors (Lipinski definition) is 1. The zero-order chi connectivity index (χ0) is 24.5. The van der Waals surface area contributed by atoms with Crippen LogP contribution in [0.15, 0.2) is 115 Å². The summed E-state index contributed by atoms with van der Waals surface area (Å²) < 4.78 is 0. The fourth-order valence-corrected chi connectivity index (χ4v) is 4.29. The smallest absolute Gasteiger partial charge is 0.0877 e. The van der Waals surface area contributed by atoms with E-state index in [-0.39, 0.29) is 6.04 Å². The van der Waals surface area contributed by atoms with Crippen LogP contribution in [0, 0.1) is 0 Å². The number of rotatable bonds is 11. The molecule has 4 rings (SSSR count). The van der Waals surface area contributed by atoms with Gasteiger partial charge in [-0.15, -0.1) is 0 Å². The molecule has 4 aromatic carbocycles. The highest BCUT2D eigenvalue weighted by Gasteiger charge is 2.21. The maximum absolute atomic E-state index is 6.07. The third-order valence-corrected chi connectivity index (χ3v) is 6.10. The van der Waals surface area contributed by atoms with Gasteiger partial charge in [0.05, 0.1) is 24.6 Å². The fraction of sp³-hybridized carbons (Fsp3) is 0.200. The molecule has 0 aliphatic rings. The lowest BCUT2D eigenvalue weighted by Gasteiger charge is -2.42. The van der Waals surface area contributed by atoms with Crippen LogP contribution >= 0.6 is 11.6 Å². The highest BCUT2D eigenvalue weighted by atomic mass is 35.5. The first-order valence-corrected chi connectivity index (χ1v) is 12.5. The summed E-state index contributed by atoms with van der Waals surface area (Å²) in [6.45, 7) is 6.80. The van der Waals surface area contributed by atoms with Gasteiger partial charge >= 0.3 is 0 Å². The van der Waals surface area contributed by atoms with Gasteiger partial charge in [-0.1, -0.05) is 66.2 Å². The predicted molar refractivity (Wildman–Crippen MR) is 152 cm³/mol. The first kappa shape index (κ1) is 24.5. The third kappa shape index (κ3) is 6.71. The molecular formula is C30H33ClN4. The van der Waals surface area contributed by atoms with Gasteiger partial charge in [-0.25, -0.2) is 0 Å². The second-order valence-corrected chi connectivity index (χ2v) is 9.11. The highest BCUT2D eigenvalue weighted by molar-refractivity contribution is 6.30. The Hall–Kier alpha value is -3.63. The molecular weight excluding hydrogens is 452 g/mol. The highest BCUT2D eigenvalue weighted by Crippen LogP contribution is 2.25. The molecule has 180 valence electrons. The molecule has 35 heavy (non-hydrogen) atoms. The Labute approximate surface area is 214 Å². The number of anilines is 4. The van der Waals surface area contributed by atoms with Crippen LogP contribution in [-0.4, -0.2) is 25.8 Å². The Balaban J connectivity index is 1.59. The van der Waals surface area contributed by atoms with E-state index < -0.39 is 0 Å². The van der Waals surface area contributed by atoms with Gasteiger partial charge in [-0.2, -0.15) is 0 Å². The van der Waals surface area contributed by atoms with E-state index in [4.69, 9.17) is 11.6 Å². The van der Waals surface area contributed by atoms with Crippen LogP contribution < -0.4 is 20.2 Å². The molecule has 4 aromatic rings. The van der Waals surface area contributed by atoms with Crippen LogP contribution in [0.4, 0.5) is 22.7 Å². The molecule has 0 bridgehead atoms. The molecule has 0 unspecified atom stereocenters. The van der Waals surface area contributed by atoms with Crippen molar-refractivity contribution in [3.8, 4) is 0 Å². The van der Waals surface area contributed by atoms with Gasteiger partial charge in [0.1, 0.15) is 0 Å². The molecule has 0 spiro atoms. The Morgan fingerprint density at radius 2 is 1.14 bits per heavy atom. The van der Waals surface area contributed by atoms with Crippen LogP contribution in [0.25, 0.3) is 0 Å². The number of para-hydroxylation sites is 3. The summed E-state index contributed by atoms with van der Waals surface area (Å²) in [6, 6.07) is 39.9. The minimum atomic E-state index is 0.287. The van der Waals surface area contributed by atoms with Gasteiger partial charge in [0, 0.05) is 29.0 Å². The van der Waals surface area contributed by atoms with Crippen LogP contribution in [-0.2, 0) is 0 Å². The Morgan fingerprint density at radius 1 is 0.629 bits per heavy atom. The predicted octanol–water partition coefficient (Wildman–Crippen LogP) is 7.55. The molecule has 0 aliphatic carbocycles. The molecule has 0 aliphatic heterocycles. The summed E-state index contributed by atoms with van der Waals surface area (Å²) >= 11 is 6.07. The number of nitrogens with one attached hydrogen (secondary N) is 1. The summed E-state index contributed by atoms with van der Waals surface area (Å²) in [5, 5.41) is 9.06. The summed E-state index contributed by atoms with van der Waals surface area (Å²) in [5.41, 5.74) is 4.57. The van der Waals surface area contributed by atoms with Crippen molar-refractivity contribution in [3.05, 3.63) is 120 Å². The Morgan fingerprint density at radius 3 is 1.69 bits per heavy atom. The van der Waals surface area contributed by atoms with Crippen molar-refractivity contribution in [2.75, 3.05) is 40.0 Å². The van der Waals surface area contributed by atoms with Crippen molar-refractivity contribution in [2.24, 2.45) is 0 Å². The molecule has 0 amide bonds. The molecule has 1 N–H and O–H groups in total. The summed E-state index contributed by atoms with van der Waals surface area (Å²) in [6.07, 6.45) is 0. The van der Waals surface area contributed by atoms with E-state index in [0.29, 0.717) is 6.67 Å². The van der Waals surface area contributed by atoms with Gasteiger partial charge in [0.2, 0.25) is 0 Å². The Kier molecular flexibility index (Phi) is 8.53. The molecule has 4 nitrogen and oxygen atoms in total. The number of hydrogen-bond acceptors (Lipinski definition) is 4. The van der Waals surface area contributed by atoms with E-state index in [1.807, 2.05) is 24.3 Å². The lowest BCUT2D eigenvalue weighted by atomic mass is 10.2. The lowest BCUT2D eigenvalue weighted by Crippen LogP contribution is -2.50. The summed E-state index contributed by atoms with van der Waals surface area (Å²) in [5.74, 6) is 0. The van der Waals surface area contributed by atoms with Crippen molar-refractivity contribution in [1.82, 2.24) is 0 Å². The fourth-order valence-electron chi connectivity index (χ4n) is 4.17. The molecule has 0 radical (unpaired) electrons. The first-order chi connectivity index (χ1) is 17.1. The van der Waals surface area contributed by atoms with Crippen LogP contribution in [0.2, 0.25) is 5.02 Å². The zero-order valence-electron chi connectivity index (χ0n) is 20.4. The van der Waals surface area contributed by atoms with Crippen LogP contribution in [0.1, 0.15) is 13.8 Å². The number of benzene rings is 4. The van der Waals surface area contributed by atoms with Crippen molar-refractivity contribution in [2.45, 2.75) is 19.9 Å². The van der Waals surface area contributed by atoms with E-state index in [9.17, 15) is 0 Å². The van der Waals surface area contributed by atoms with Crippen LogP contribution in [0.3, 0.4) is 0 Å². The topological polar surface area (TPSA) is 21.8 Å². The van der Waals surface area contributed by atoms with Crippen molar-refractivity contribution in [1.29, 1.82) is 0 Å². The van der Waals surface area contributed by atoms with Crippen molar-refractivity contribution in [3.63, 3.8) is 0 Å². The van der Waals surface area contributed by atoms with Crippen molar-refractivity contribution >= 4 is 34.4 Å². The van der Waals surface area contributed by atoms with Crippen molar-refractivity contribution < 1.29 is 0 Å². The number of halogens is 1. The van der Waals surface area contributed by atoms with Gasteiger partial charge in [0.15, 0.2) is 0 Å². The SMILES string of the molecule is CC(C)N(c1ccccc1)N(CCN(CNc1ccc(Cl)cc1)c1ccccc1)c1ccccc1. The average molecular weight is 485 g/mol. The monoisotopic (exact) mass is 484 g/mol. The first-order valence-electron chi connectivity index (χ1n) is 12.1. The molecule has 0 heterocycles. The number of hydrazine groups is 1. The van der Waals surface area contributed by atoms with E-state index in [1.165, 1.54) is 17.1 Å². The van der Waals surface area contributed by atoms with Gasteiger partial charge in [-0.3, -0.25) is 10.0 Å². The zero-order valence-corrected chi connectivity index (χ0v) is 21.1.